The van der Waals surface area contributed by atoms with Crippen LogP contribution in [0.5, 0.6) is 5.75 Å². The molecule has 1 saturated carbocycles. The van der Waals surface area contributed by atoms with Gasteiger partial charge in [0.2, 0.25) is 0 Å². The van der Waals surface area contributed by atoms with Crippen LogP contribution >= 0.6 is 0 Å². The molecule has 4 nitrogen and oxygen atoms in total. The maximum Gasteiger partial charge on any atom is 0.306 e. The topological polar surface area (TPSA) is 70.3 Å². The van der Waals surface area contributed by atoms with E-state index in [-0.39, 0.29) is 12.0 Å². The molecule has 0 aromatic heterocycles. The Morgan fingerprint density at radius 1 is 1.28 bits per heavy atom. The second-order valence-electron chi connectivity index (χ2n) is 4.54. The smallest absolute Gasteiger partial charge is 0.306 e. The summed E-state index contributed by atoms with van der Waals surface area (Å²) >= 11 is 0. The number of carboxylic acid groups (broad SMARTS) is 1. The predicted molar refractivity (Wildman–Crippen MR) is 65.2 cm³/mol. The molecule has 0 aliphatic heterocycles. The van der Waals surface area contributed by atoms with Crippen molar-refractivity contribution in [1.29, 1.82) is 5.26 Å². The molecular weight excluding hydrogens is 230 g/mol. The fourth-order valence-electron chi connectivity index (χ4n) is 2.27. The molecule has 0 atom stereocenters. The molecule has 1 fully saturated rings. The fourth-order valence-corrected chi connectivity index (χ4v) is 2.27. The molecule has 1 aliphatic rings. The lowest BCUT2D eigenvalue weighted by Gasteiger charge is -2.27. The lowest BCUT2D eigenvalue weighted by Crippen LogP contribution is -2.28. The lowest BCUT2D eigenvalue weighted by molar-refractivity contribution is -0.143. The normalized spacial score (nSPS) is 23.1. The van der Waals surface area contributed by atoms with Gasteiger partial charge >= 0.3 is 5.97 Å². The number of rotatable bonds is 3. The highest BCUT2D eigenvalue weighted by molar-refractivity contribution is 5.70. The van der Waals surface area contributed by atoms with E-state index in [0.717, 1.165) is 12.8 Å². The molecule has 0 radical (unpaired) electrons. The number of hydrogen-bond acceptors (Lipinski definition) is 3. The van der Waals surface area contributed by atoms with Gasteiger partial charge in [-0.3, -0.25) is 4.79 Å². The van der Waals surface area contributed by atoms with Crippen LogP contribution in [0.15, 0.2) is 24.3 Å². The second-order valence-corrected chi connectivity index (χ2v) is 4.54. The Kier molecular flexibility index (Phi) is 3.83. The molecule has 1 aromatic carbocycles. The molecule has 0 unspecified atom stereocenters. The molecule has 1 aliphatic carbocycles. The van der Waals surface area contributed by atoms with Crippen molar-refractivity contribution in [3.8, 4) is 11.8 Å². The van der Waals surface area contributed by atoms with Gasteiger partial charge in [0, 0.05) is 0 Å². The molecule has 1 N–H and O–H groups in total. The van der Waals surface area contributed by atoms with Crippen molar-refractivity contribution in [2.45, 2.75) is 31.8 Å². The monoisotopic (exact) mass is 245 g/mol. The van der Waals surface area contributed by atoms with Gasteiger partial charge in [0.15, 0.2) is 0 Å². The van der Waals surface area contributed by atoms with Crippen molar-refractivity contribution in [2.24, 2.45) is 5.92 Å². The third-order valence-corrected chi connectivity index (χ3v) is 3.32. The van der Waals surface area contributed by atoms with Crippen molar-refractivity contribution in [1.82, 2.24) is 0 Å². The molecule has 0 bridgehead atoms. The maximum absolute atomic E-state index is 10.8. The number of para-hydroxylation sites is 1. The Balaban J connectivity index is 1.96. The summed E-state index contributed by atoms with van der Waals surface area (Å²) in [6.07, 6.45) is 2.78. The van der Waals surface area contributed by atoms with Gasteiger partial charge in [0.25, 0.3) is 0 Å². The fraction of sp³-hybridized carbons (Fsp3) is 0.429. The number of benzene rings is 1. The number of carbonyl (C=O) groups is 1. The van der Waals surface area contributed by atoms with Crippen LogP contribution in [0, 0.1) is 17.2 Å². The first-order chi connectivity index (χ1) is 8.70. The number of aliphatic carboxylic acids is 1. The zero-order valence-electron chi connectivity index (χ0n) is 10.0. The third-order valence-electron chi connectivity index (χ3n) is 3.32. The van der Waals surface area contributed by atoms with E-state index >= 15 is 0 Å². The summed E-state index contributed by atoms with van der Waals surface area (Å²) in [6, 6.07) is 9.22. The Morgan fingerprint density at radius 3 is 2.56 bits per heavy atom. The van der Waals surface area contributed by atoms with Gasteiger partial charge in [-0.05, 0) is 37.8 Å². The van der Waals surface area contributed by atoms with Gasteiger partial charge in [0.1, 0.15) is 11.8 Å². The van der Waals surface area contributed by atoms with E-state index in [2.05, 4.69) is 6.07 Å². The van der Waals surface area contributed by atoms with Crippen LogP contribution in [-0.2, 0) is 4.79 Å². The molecule has 0 spiro atoms. The summed E-state index contributed by atoms with van der Waals surface area (Å²) in [5, 5.41) is 17.9. The molecular formula is C14H15NO3. The van der Waals surface area contributed by atoms with Gasteiger partial charge < -0.3 is 9.84 Å². The minimum absolute atomic E-state index is 0.0232. The minimum Gasteiger partial charge on any atom is -0.489 e. The molecule has 0 heterocycles. The SMILES string of the molecule is N#Cc1ccccc1OC1CCC(C(=O)O)CC1. The van der Waals surface area contributed by atoms with Gasteiger partial charge in [-0.15, -0.1) is 0 Å². The molecule has 1 aromatic rings. The third kappa shape index (κ3) is 2.80. The van der Waals surface area contributed by atoms with Crippen molar-refractivity contribution in [3.63, 3.8) is 0 Å². The molecule has 4 heteroatoms. The maximum atomic E-state index is 10.8. The van der Waals surface area contributed by atoms with Crippen LogP contribution < -0.4 is 4.74 Å². The van der Waals surface area contributed by atoms with Crippen molar-refractivity contribution < 1.29 is 14.6 Å². The summed E-state index contributed by atoms with van der Waals surface area (Å²) < 4.78 is 5.79. The second kappa shape index (κ2) is 5.54. The first kappa shape index (κ1) is 12.4. The first-order valence-electron chi connectivity index (χ1n) is 6.09. The van der Waals surface area contributed by atoms with E-state index in [1.807, 2.05) is 6.07 Å². The van der Waals surface area contributed by atoms with E-state index in [0.29, 0.717) is 24.2 Å². The van der Waals surface area contributed by atoms with Crippen LogP contribution in [0.25, 0.3) is 0 Å². The van der Waals surface area contributed by atoms with Gasteiger partial charge in [0.05, 0.1) is 17.6 Å². The van der Waals surface area contributed by atoms with E-state index in [1.54, 1.807) is 18.2 Å². The van der Waals surface area contributed by atoms with E-state index in [9.17, 15) is 4.79 Å². The highest BCUT2D eigenvalue weighted by atomic mass is 16.5. The highest BCUT2D eigenvalue weighted by Gasteiger charge is 2.27. The van der Waals surface area contributed by atoms with Crippen LogP contribution in [-0.4, -0.2) is 17.2 Å². The largest absolute Gasteiger partial charge is 0.489 e. The van der Waals surface area contributed by atoms with Gasteiger partial charge in [-0.25, -0.2) is 0 Å². The Labute approximate surface area is 106 Å². The van der Waals surface area contributed by atoms with E-state index in [4.69, 9.17) is 15.1 Å². The lowest BCUT2D eigenvalue weighted by atomic mass is 9.87. The Bertz CT molecular complexity index is 470. The average molecular weight is 245 g/mol. The molecule has 0 amide bonds. The number of ether oxygens (including phenoxy) is 1. The number of carboxylic acids is 1. The number of nitriles is 1. The van der Waals surface area contributed by atoms with Crippen LogP contribution in [0.3, 0.4) is 0 Å². The Hall–Kier alpha value is -2.02. The first-order valence-corrected chi connectivity index (χ1v) is 6.09. The molecule has 0 saturated heterocycles. The zero-order chi connectivity index (χ0) is 13.0. The number of nitrogens with zero attached hydrogens (tertiary/aromatic N) is 1. The van der Waals surface area contributed by atoms with Crippen LogP contribution in [0.2, 0.25) is 0 Å². The van der Waals surface area contributed by atoms with Crippen molar-refractivity contribution in [3.05, 3.63) is 29.8 Å². The Morgan fingerprint density at radius 2 is 1.94 bits per heavy atom. The van der Waals surface area contributed by atoms with E-state index < -0.39 is 5.97 Å². The van der Waals surface area contributed by atoms with Gasteiger partial charge in [-0.1, -0.05) is 12.1 Å². The standard InChI is InChI=1S/C14H15NO3/c15-9-11-3-1-2-4-13(11)18-12-7-5-10(6-8-12)14(16)17/h1-4,10,12H,5-8H2,(H,16,17). The zero-order valence-corrected chi connectivity index (χ0v) is 10.0. The van der Waals surface area contributed by atoms with Crippen LogP contribution in [0.4, 0.5) is 0 Å². The summed E-state index contributed by atoms with van der Waals surface area (Å²) in [7, 11) is 0. The quantitative estimate of drug-likeness (QED) is 0.888. The van der Waals surface area contributed by atoms with Crippen molar-refractivity contribution >= 4 is 5.97 Å². The summed E-state index contributed by atoms with van der Waals surface area (Å²) in [6.45, 7) is 0. The molecule has 94 valence electrons. The van der Waals surface area contributed by atoms with Gasteiger partial charge in [-0.2, -0.15) is 5.26 Å². The minimum atomic E-state index is -0.717. The predicted octanol–water partition coefficient (Wildman–Crippen LogP) is 2.58. The molecule has 2 rings (SSSR count). The average Bonchev–Trinajstić information content (AvgIpc) is 2.40. The summed E-state index contributed by atoms with van der Waals surface area (Å²) in [4.78, 5) is 10.8. The van der Waals surface area contributed by atoms with Crippen molar-refractivity contribution in [2.75, 3.05) is 0 Å². The summed E-state index contributed by atoms with van der Waals surface area (Å²) in [5.41, 5.74) is 0.526. The van der Waals surface area contributed by atoms with Crippen LogP contribution in [0.1, 0.15) is 31.2 Å². The highest BCUT2D eigenvalue weighted by Crippen LogP contribution is 2.28. The molecule has 18 heavy (non-hydrogen) atoms. The number of hydrogen-bond donors (Lipinski definition) is 1. The van der Waals surface area contributed by atoms with E-state index in [1.165, 1.54) is 0 Å². The summed E-state index contributed by atoms with van der Waals surface area (Å²) in [5.74, 6) is -0.360.